The van der Waals surface area contributed by atoms with Crippen LogP contribution in [0.5, 0.6) is 0 Å². The average Bonchev–Trinajstić information content (AvgIpc) is 2.59. The molecule has 0 unspecified atom stereocenters. The van der Waals surface area contributed by atoms with Crippen LogP contribution >= 0.6 is 0 Å². The molecule has 0 aromatic heterocycles. The van der Waals surface area contributed by atoms with E-state index < -0.39 is 11.0 Å². The third kappa shape index (κ3) is 3.31. The van der Waals surface area contributed by atoms with Gasteiger partial charge in [-0.15, -0.1) is 0 Å². The van der Waals surface area contributed by atoms with E-state index in [4.69, 9.17) is 4.74 Å². The molecule has 0 saturated carbocycles. The highest BCUT2D eigenvalue weighted by molar-refractivity contribution is 5.89. The van der Waals surface area contributed by atoms with Crippen molar-refractivity contribution in [3.05, 3.63) is 69.8 Å². The van der Waals surface area contributed by atoms with Gasteiger partial charge in [0.15, 0.2) is 0 Å². The lowest BCUT2D eigenvalue weighted by atomic mass is 10.0. The molecule has 23 heavy (non-hydrogen) atoms. The number of carbonyl (C=O) groups excluding carboxylic acids is 1. The summed E-state index contributed by atoms with van der Waals surface area (Å²) in [4.78, 5) is 24.3. The zero-order chi connectivity index (χ0) is 16.2. The first kappa shape index (κ1) is 15.0. The Labute approximate surface area is 133 Å². The van der Waals surface area contributed by atoms with E-state index in [1.807, 2.05) is 30.3 Å². The van der Waals surface area contributed by atoms with Crippen LogP contribution in [0.15, 0.2) is 48.5 Å². The average molecular weight is 312 g/mol. The second-order valence-corrected chi connectivity index (χ2v) is 5.37. The van der Waals surface area contributed by atoms with Gasteiger partial charge in [0.25, 0.3) is 5.69 Å². The lowest BCUT2D eigenvalue weighted by Crippen LogP contribution is -2.35. The van der Waals surface area contributed by atoms with Gasteiger partial charge in [0, 0.05) is 18.7 Å². The Kier molecular flexibility index (Phi) is 4.23. The van der Waals surface area contributed by atoms with E-state index in [0.29, 0.717) is 12.2 Å². The Balaban J connectivity index is 1.77. The molecule has 1 aliphatic heterocycles. The molecule has 2 aromatic rings. The molecule has 0 fully saturated rings. The molecule has 3 rings (SSSR count). The quantitative estimate of drug-likeness (QED) is 0.640. The van der Waals surface area contributed by atoms with Crippen LogP contribution in [-0.4, -0.2) is 17.6 Å². The van der Waals surface area contributed by atoms with Crippen LogP contribution in [0, 0.1) is 10.1 Å². The number of hydrogen-bond donors (Lipinski definition) is 0. The molecule has 0 N–H and O–H groups in total. The van der Waals surface area contributed by atoms with Gasteiger partial charge in [0.1, 0.15) is 6.61 Å². The van der Waals surface area contributed by atoms with Gasteiger partial charge in [-0.2, -0.15) is 0 Å². The maximum Gasteiger partial charge on any atom is 0.414 e. The molecule has 0 aliphatic carbocycles. The van der Waals surface area contributed by atoms with Crippen molar-refractivity contribution in [3.8, 4) is 0 Å². The Morgan fingerprint density at radius 2 is 2.00 bits per heavy atom. The van der Waals surface area contributed by atoms with Crippen molar-refractivity contribution in [2.75, 3.05) is 11.4 Å². The topological polar surface area (TPSA) is 72.7 Å². The van der Waals surface area contributed by atoms with Crippen molar-refractivity contribution in [3.63, 3.8) is 0 Å². The fourth-order valence-corrected chi connectivity index (χ4v) is 2.66. The summed E-state index contributed by atoms with van der Waals surface area (Å²) in [5, 5.41) is 10.9. The first-order valence-electron chi connectivity index (χ1n) is 7.40. The molecule has 1 aliphatic rings. The third-order valence-electron chi connectivity index (χ3n) is 3.82. The summed E-state index contributed by atoms with van der Waals surface area (Å²) in [6.07, 6.45) is 1.14. The van der Waals surface area contributed by atoms with Gasteiger partial charge in [-0.25, -0.2) is 4.79 Å². The molecular weight excluding hydrogens is 296 g/mol. The lowest BCUT2D eigenvalue weighted by Gasteiger charge is -2.28. The van der Waals surface area contributed by atoms with E-state index in [9.17, 15) is 14.9 Å². The maximum atomic E-state index is 12.3. The Morgan fingerprint density at radius 3 is 2.74 bits per heavy atom. The molecule has 2 aromatic carbocycles. The third-order valence-corrected chi connectivity index (χ3v) is 3.82. The van der Waals surface area contributed by atoms with Crippen LogP contribution in [-0.2, 0) is 17.8 Å². The van der Waals surface area contributed by atoms with E-state index in [1.54, 1.807) is 6.07 Å². The van der Waals surface area contributed by atoms with Gasteiger partial charge in [-0.3, -0.25) is 15.0 Å². The number of nitrogens with zero attached hydrogens (tertiary/aromatic N) is 2. The van der Waals surface area contributed by atoms with Crippen molar-refractivity contribution in [1.29, 1.82) is 0 Å². The summed E-state index contributed by atoms with van der Waals surface area (Å²) in [6, 6.07) is 14.0. The van der Waals surface area contributed by atoms with Gasteiger partial charge in [-0.05, 0) is 24.0 Å². The minimum Gasteiger partial charge on any atom is -0.444 e. The summed E-state index contributed by atoms with van der Waals surface area (Å²) >= 11 is 0. The summed E-state index contributed by atoms with van der Waals surface area (Å²) in [6.45, 7) is 0.683. The number of non-ortho nitro benzene ring substituents is 1. The van der Waals surface area contributed by atoms with E-state index in [-0.39, 0.29) is 12.3 Å². The minimum atomic E-state index is -0.477. The minimum absolute atomic E-state index is 0.0218. The van der Waals surface area contributed by atoms with Crippen LogP contribution in [0.4, 0.5) is 16.2 Å². The number of nitro benzene ring substituents is 1. The van der Waals surface area contributed by atoms with E-state index in [0.717, 1.165) is 24.0 Å². The van der Waals surface area contributed by atoms with Gasteiger partial charge in [0.2, 0.25) is 0 Å². The van der Waals surface area contributed by atoms with Gasteiger partial charge < -0.3 is 4.74 Å². The summed E-state index contributed by atoms with van der Waals surface area (Å²) < 4.78 is 5.34. The number of ether oxygens (including phenoxy) is 1. The fraction of sp³-hybridized carbons (Fsp3) is 0.235. The fourth-order valence-electron chi connectivity index (χ4n) is 2.66. The Hall–Kier alpha value is -2.89. The highest BCUT2D eigenvalue weighted by Crippen LogP contribution is 2.31. The van der Waals surface area contributed by atoms with Gasteiger partial charge >= 0.3 is 6.09 Å². The summed E-state index contributed by atoms with van der Waals surface area (Å²) in [5.41, 5.74) is 2.38. The number of amides is 1. The number of fused-ring (bicyclic) bond motifs is 1. The molecular formula is C17H16N2O4. The van der Waals surface area contributed by atoms with Gasteiger partial charge in [0.05, 0.1) is 10.6 Å². The normalized spacial score (nSPS) is 13.3. The Bertz CT molecular complexity index is 731. The molecule has 118 valence electrons. The highest BCUT2D eigenvalue weighted by Gasteiger charge is 2.25. The van der Waals surface area contributed by atoms with E-state index in [1.165, 1.54) is 17.0 Å². The van der Waals surface area contributed by atoms with Crippen molar-refractivity contribution in [2.24, 2.45) is 0 Å². The maximum absolute atomic E-state index is 12.3. The van der Waals surface area contributed by atoms with E-state index in [2.05, 4.69) is 0 Å². The number of hydrogen-bond acceptors (Lipinski definition) is 4. The number of rotatable bonds is 3. The highest BCUT2D eigenvalue weighted by atomic mass is 16.6. The van der Waals surface area contributed by atoms with Crippen molar-refractivity contribution < 1.29 is 14.5 Å². The number of carbonyl (C=O) groups is 1. The largest absolute Gasteiger partial charge is 0.444 e. The zero-order valence-electron chi connectivity index (χ0n) is 12.5. The number of aryl methyl sites for hydroxylation is 1. The van der Waals surface area contributed by atoms with Crippen molar-refractivity contribution in [1.82, 2.24) is 0 Å². The lowest BCUT2D eigenvalue weighted by molar-refractivity contribution is -0.384. The number of nitro groups is 1. The summed E-state index contributed by atoms with van der Waals surface area (Å²) in [7, 11) is 0. The van der Waals surface area contributed by atoms with Crippen LogP contribution in [0.3, 0.4) is 0 Å². The molecule has 0 radical (unpaired) electrons. The van der Waals surface area contributed by atoms with Crippen LogP contribution in [0.25, 0.3) is 0 Å². The molecule has 6 heteroatoms. The summed E-state index contributed by atoms with van der Waals surface area (Å²) in [5.74, 6) is 0. The predicted molar refractivity (Wildman–Crippen MR) is 85.4 cm³/mol. The smallest absolute Gasteiger partial charge is 0.414 e. The molecule has 0 atom stereocenters. The molecule has 0 saturated heterocycles. The molecule has 1 heterocycles. The zero-order valence-corrected chi connectivity index (χ0v) is 12.5. The molecule has 0 spiro atoms. The molecule has 0 bridgehead atoms. The predicted octanol–water partition coefficient (Wildman–Crippen LogP) is 3.68. The second-order valence-electron chi connectivity index (χ2n) is 5.37. The number of benzene rings is 2. The monoisotopic (exact) mass is 312 g/mol. The van der Waals surface area contributed by atoms with Crippen LogP contribution < -0.4 is 4.90 Å². The van der Waals surface area contributed by atoms with E-state index >= 15 is 0 Å². The molecule has 1 amide bonds. The van der Waals surface area contributed by atoms with Crippen molar-refractivity contribution >= 4 is 17.5 Å². The van der Waals surface area contributed by atoms with Crippen molar-refractivity contribution in [2.45, 2.75) is 19.4 Å². The van der Waals surface area contributed by atoms with Crippen LogP contribution in [0.2, 0.25) is 0 Å². The second kappa shape index (κ2) is 6.48. The SMILES string of the molecule is O=C(OCc1ccccc1)N1CCCc2ccc([N+](=O)[O-])cc21. The molecule has 6 nitrogen and oxygen atoms in total. The van der Waals surface area contributed by atoms with Crippen LogP contribution in [0.1, 0.15) is 17.5 Å². The first-order chi connectivity index (χ1) is 11.1. The number of anilines is 1. The van der Waals surface area contributed by atoms with Gasteiger partial charge in [-0.1, -0.05) is 36.4 Å². The Morgan fingerprint density at radius 1 is 1.22 bits per heavy atom. The standard InChI is InChI=1S/C17H16N2O4/c20-17(23-12-13-5-2-1-3-6-13)18-10-4-7-14-8-9-15(19(21)22)11-16(14)18/h1-3,5-6,8-9,11H,4,7,10,12H2. The first-order valence-corrected chi connectivity index (χ1v) is 7.40.